The Morgan fingerprint density at radius 2 is 1.89 bits per heavy atom. The van der Waals surface area contributed by atoms with Crippen LogP contribution in [0.5, 0.6) is 0 Å². The number of hydrogen-bond donors (Lipinski definition) is 1. The van der Waals surface area contributed by atoms with Gasteiger partial charge in [-0.3, -0.25) is 4.72 Å². The summed E-state index contributed by atoms with van der Waals surface area (Å²) >= 11 is 11.4. The molecule has 0 atom stereocenters. The Morgan fingerprint density at radius 1 is 1.16 bits per heavy atom. The molecule has 8 heteroatoms. The highest BCUT2D eigenvalue weighted by Gasteiger charge is 2.19. The van der Waals surface area contributed by atoms with Crippen LogP contribution in [-0.4, -0.2) is 13.4 Å². The average molecular weight is 321 g/mol. The van der Waals surface area contributed by atoms with Gasteiger partial charge >= 0.3 is 0 Å². The smallest absolute Gasteiger partial charge is 0.263 e. The summed E-state index contributed by atoms with van der Waals surface area (Å²) < 4.78 is 39.3. The number of anilines is 1. The van der Waals surface area contributed by atoms with Crippen LogP contribution < -0.4 is 4.72 Å². The van der Waals surface area contributed by atoms with Crippen molar-refractivity contribution >= 4 is 39.0 Å². The van der Waals surface area contributed by atoms with Crippen molar-refractivity contribution < 1.29 is 12.8 Å². The maximum Gasteiger partial charge on any atom is 0.264 e. The van der Waals surface area contributed by atoms with Crippen molar-refractivity contribution in [2.75, 3.05) is 4.72 Å². The number of nitrogens with zero attached hydrogens (tertiary/aromatic N) is 1. The molecule has 0 aliphatic carbocycles. The summed E-state index contributed by atoms with van der Waals surface area (Å²) in [6, 6.07) is 7.50. The molecule has 0 saturated heterocycles. The zero-order chi connectivity index (χ0) is 14.0. The van der Waals surface area contributed by atoms with Crippen LogP contribution in [0, 0.1) is 5.82 Å². The van der Waals surface area contributed by atoms with Gasteiger partial charge < -0.3 is 0 Å². The van der Waals surface area contributed by atoms with Crippen LogP contribution in [0.1, 0.15) is 0 Å². The highest BCUT2D eigenvalue weighted by Crippen LogP contribution is 2.24. The fraction of sp³-hybridized carbons (Fsp3) is 0. The Labute approximate surface area is 119 Å². The molecule has 0 bridgehead atoms. The molecular formula is C11H7Cl2FN2O2S. The van der Waals surface area contributed by atoms with Crippen molar-refractivity contribution in [2.45, 2.75) is 4.90 Å². The van der Waals surface area contributed by atoms with Crippen LogP contribution in [0.15, 0.2) is 41.3 Å². The molecule has 2 aromatic rings. The lowest BCUT2D eigenvalue weighted by Crippen LogP contribution is -2.14. The van der Waals surface area contributed by atoms with Gasteiger partial charge in [0.2, 0.25) is 0 Å². The minimum atomic E-state index is -4.03. The molecule has 0 unspecified atom stereocenters. The topological polar surface area (TPSA) is 59.1 Å². The Morgan fingerprint density at radius 3 is 2.58 bits per heavy atom. The highest BCUT2D eigenvalue weighted by atomic mass is 35.5. The first-order valence-electron chi connectivity index (χ1n) is 4.99. The molecule has 0 saturated carbocycles. The Kier molecular flexibility index (Phi) is 3.93. The van der Waals surface area contributed by atoms with Crippen molar-refractivity contribution in [1.29, 1.82) is 0 Å². The first-order valence-corrected chi connectivity index (χ1v) is 7.23. The first-order chi connectivity index (χ1) is 8.88. The van der Waals surface area contributed by atoms with Gasteiger partial charge in [-0.15, -0.1) is 0 Å². The fourth-order valence-electron chi connectivity index (χ4n) is 1.34. The van der Waals surface area contributed by atoms with Gasteiger partial charge in [0.05, 0.1) is 5.02 Å². The van der Waals surface area contributed by atoms with Crippen LogP contribution in [-0.2, 0) is 10.0 Å². The van der Waals surface area contributed by atoms with Gasteiger partial charge in [-0.25, -0.2) is 17.8 Å². The fourth-order valence-corrected chi connectivity index (χ4v) is 3.02. The predicted octanol–water partition coefficient (Wildman–Crippen LogP) is 3.33. The Hall–Kier alpha value is -1.37. The summed E-state index contributed by atoms with van der Waals surface area (Å²) in [5.41, 5.74) is 0. The van der Waals surface area contributed by atoms with Crippen molar-refractivity contribution in [2.24, 2.45) is 0 Å². The van der Waals surface area contributed by atoms with Crippen molar-refractivity contribution in [1.82, 2.24) is 4.98 Å². The van der Waals surface area contributed by atoms with E-state index in [0.29, 0.717) is 0 Å². The monoisotopic (exact) mass is 320 g/mol. The van der Waals surface area contributed by atoms with Gasteiger partial charge in [0.25, 0.3) is 10.0 Å². The number of rotatable bonds is 3. The largest absolute Gasteiger partial charge is 0.264 e. The summed E-state index contributed by atoms with van der Waals surface area (Å²) in [5, 5.41) is 0.0430. The molecule has 1 aromatic heterocycles. The van der Waals surface area contributed by atoms with Gasteiger partial charge in [0, 0.05) is 0 Å². The van der Waals surface area contributed by atoms with E-state index < -0.39 is 15.8 Å². The van der Waals surface area contributed by atoms with E-state index in [1.54, 1.807) is 0 Å². The van der Waals surface area contributed by atoms with E-state index in [0.717, 1.165) is 18.2 Å². The quantitative estimate of drug-likeness (QED) is 0.882. The van der Waals surface area contributed by atoms with Crippen LogP contribution in [0.3, 0.4) is 0 Å². The molecule has 1 aromatic carbocycles. The molecule has 0 spiro atoms. The third-order valence-corrected chi connectivity index (χ3v) is 4.18. The summed E-state index contributed by atoms with van der Waals surface area (Å²) in [4.78, 5) is 3.41. The molecule has 2 rings (SSSR count). The third-order valence-electron chi connectivity index (χ3n) is 2.14. The normalized spacial score (nSPS) is 11.3. The van der Waals surface area contributed by atoms with E-state index in [1.165, 1.54) is 18.2 Å². The molecule has 0 fully saturated rings. The molecule has 19 heavy (non-hydrogen) atoms. The second-order valence-corrected chi connectivity index (χ2v) is 5.97. The van der Waals surface area contributed by atoms with Crippen molar-refractivity contribution in [3.63, 3.8) is 0 Å². The molecule has 100 valence electrons. The van der Waals surface area contributed by atoms with Gasteiger partial charge in [0.15, 0.2) is 0 Å². The minimum Gasteiger partial charge on any atom is -0.263 e. The van der Waals surface area contributed by atoms with Crippen LogP contribution in [0.25, 0.3) is 0 Å². The second-order valence-electron chi connectivity index (χ2n) is 3.53. The van der Waals surface area contributed by atoms with Gasteiger partial charge in [-0.05, 0) is 30.3 Å². The van der Waals surface area contributed by atoms with Gasteiger partial charge in [0.1, 0.15) is 21.7 Å². The predicted molar refractivity (Wildman–Crippen MR) is 71.5 cm³/mol. The molecular weight excluding hydrogens is 314 g/mol. The molecule has 0 radical (unpaired) electrons. The van der Waals surface area contributed by atoms with Gasteiger partial charge in [-0.2, -0.15) is 0 Å². The lowest BCUT2D eigenvalue weighted by Gasteiger charge is -2.08. The zero-order valence-electron chi connectivity index (χ0n) is 9.27. The maximum absolute atomic E-state index is 13.1. The number of aromatic nitrogens is 1. The number of halogens is 3. The van der Waals surface area contributed by atoms with E-state index in [4.69, 9.17) is 23.2 Å². The lowest BCUT2D eigenvalue weighted by molar-refractivity contribution is 0.595. The highest BCUT2D eigenvalue weighted by molar-refractivity contribution is 7.92. The van der Waals surface area contributed by atoms with E-state index in [1.807, 2.05) is 0 Å². The number of hydrogen-bond acceptors (Lipinski definition) is 3. The zero-order valence-corrected chi connectivity index (χ0v) is 11.6. The summed E-state index contributed by atoms with van der Waals surface area (Å²) in [6.07, 6.45) is 0. The van der Waals surface area contributed by atoms with E-state index in [9.17, 15) is 12.8 Å². The molecule has 1 N–H and O–H groups in total. The number of sulfonamides is 1. The minimum absolute atomic E-state index is 0.0211. The van der Waals surface area contributed by atoms with E-state index in [2.05, 4.69) is 9.71 Å². The van der Waals surface area contributed by atoms with Gasteiger partial charge in [-0.1, -0.05) is 29.3 Å². The maximum atomic E-state index is 13.1. The third kappa shape index (κ3) is 3.34. The van der Waals surface area contributed by atoms with Crippen LogP contribution >= 0.6 is 23.2 Å². The summed E-state index contributed by atoms with van der Waals surface area (Å²) in [6.45, 7) is 0. The Bertz CT molecular complexity index is 722. The molecule has 1 heterocycles. The van der Waals surface area contributed by atoms with Crippen molar-refractivity contribution in [3.05, 3.63) is 52.4 Å². The SMILES string of the molecule is O=S(=O)(Nc1cccc(Cl)n1)c1cc(F)ccc1Cl. The molecule has 0 aliphatic heterocycles. The lowest BCUT2D eigenvalue weighted by atomic mass is 10.3. The number of benzene rings is 1. The second kappa shape index (κ2) is 5.32. The Balaban J connectivity index is 2.40. The number of nitrogens with one attached hydrogen (secondary N) is 1. The van der Waals surface area contributed by atoms with Crippen LogP contribution in [0.2, 0.25) is 10.2 Å². The molecule has 4 nitrogen and oxygen atoms in total. The van der Waals surface area contributed by atoms with E-state index >= 15 is 0 Å². The number of pyridine rings is 1. The summed E-state index contributed by atoms with van der Waals surface area (Å²) in [7, 11) is -4.03. The van der Waals surface area contributed by atoms with Crippen molar-refractivity contribution in [3.8, 4) is 0 Å². The summed E-state index contributed by atoms with van der Waals surface area (Å²) in [5.74, 6) is -0.684. The molecule has 0 amide bonds. The molecule has 0 aliphatic rings. The van der Waals surface area contributed by atoms with E-state index in [-0.39, 0.29) is 20.9 Å². The van der Waals surface area contributed by atoms with Crippen LogP contribution in [0.4, 0.5) is 10.2 Å². The average Bonchev–Trinajstić information content (AvgIpc) is 2.31. The first kappa shape index (κ1) is 14.0. The standard InChI is InChI=1S/C11H7Cl2FN2O2S/c12-8-5-4-7(14)6-9(8)19(17,18)16-11-3-1-2-10(13)15-11/h1-6H,(H,15,16).